The number of aromatic nitrogens is 2. The van der Waals surface area contributed by atoms with Crippen molar-refractivity contribution in [3.8, 4) is 0 Å². The maximum atomic E-state index is 12.8. The Morgan fingerprint density at radius 2 is 1.75 bits per heavy atom. The SMILES string of the molecule is CCN1CCN(CCNC(=O)c2ccc3c(c2)nc(C)c(=O)n3Cc2ccccc2)CC1. The molecule has 2 heterocycles. The smallest absolute Gasteiger partial charge is 0.272 e. The highest BCUT2D eigenvalue weighted by Gasteiger charge is 2.16. The summed E-state index contributed by atoms with van der Waals surface area (Å²) >= 11 is 0. The maximum absolute atomic E-state index is 12.8. The van der Waals surface area contributed by atoms with Gasteiger partial charge in [-0.15, -0.1) is 0 Å². The molecule has 0 saturated carbocycles. The van der Waals surface area contributed by atoms with Gasteiger partial charge in [0.15, 0.2) is 0 Å². The molecule has 7 nitrogen and oxygen atoms in total. The molecule has 2 aromatic carbocycles. The summed E-state index contributed by atoms with van der Waals surface area (Å²) in [5.41, 5.74) is 3.31. The zero-order chi connectivity index (χ0) is 22.5. The van der Waals surface area contributed by atoms with Gasteiger partial charge in [0.25, 0.3) is 11.5 Å². The second kappa shape index (κ2) is 10.1. The van der Waals surface area contributed by atoms with E-state index in [1.807, 2.05) is 36.4 Å². The number of aryl methyl sites for hydroxylation is 1. The lowest BCUT2D eigenvalue weighted by Gasteiger charge is -2.33. The zero-order valence-electron chi connectivity index (χ0n) is 18.9. The largest absolute Gasteiger partial charge is 0.351 e. The lowest BCUT2D eigenvalue weighted by molar-refractivity contribution is 0.0938. The van der Waals surface area contributed by atoms with Gasteiger partial charge in [-0.3, -0.25) is 14.5 Å². The van der Waals surface area contributed by atoms with Gasteiger partial charge in [-0.05, 0) is 37.2 Å². The average Bonchev–Trinajstić information content (AvgIpc) is 2.82. The van der Waals surface area contributed by atoms with Crippen LogP contribution in [0.25, 0.3) is 11.0 Å². The molecule has 4 rings (SSSR count). The van der Waals surface area contributed by atoms with Crippen molar-refractivity contribution in [3.63, 3.8) is 0 Å². The van der Waals surface area contributed by atoms with Crippen LogP contribution in [0.3, 0.4) is 0 Å². The minimum atomic E-state index is -0.112. The number of piperazine rings is 1. The molecule has 0 aliphatic carbocycles. The number of rotatable bonds is 7. The summed E-state index contributed by atoms with van der Waals surface area (Å²) in [6.45, 7) is 11.2. The minimum absolute atomic E-state index is 0.110. The van der Waals surface area contributed by atoms with Gasteiger partial charge >= 0.3 is 0 Å². The first-order valence-corrected chi connectivity index (χ1v) is 11.3. The van der Waals surface area contributed by atoms with Crippen LogP contribution in [0.15, 0.2) is 53.3 Å². The summed E-state index contributed by atoms with van der Waals surface area (Å²) in [7, 11) is 0. The van der Waals surface area contributed by atoms with Crippen LogP contribution >= 0.6 is 0 Å². The van der Waals surface area contributed by atoms with Crippen molar-refractivity contribution < 1.29 is 4.79 Å². The van der Waals surface area contributed by atoms with Crippen molar-refractivity contribution in [2.24, 2.45) is 0 Å². The number of nitrogens with zero attached hydrogens (tertiary/aromatic N) is 4. The van der Waals surface area contributed by atoms with Crippen molar-refractivity contribution in [2.75, 3.05) is 45.8 Å². The zero-order valence-corrected chi connectivity index (χ0v) is 18.9. The van der Waals surface area contributed by atoms with Crippen LogP contribution in [0.5, 0.6) is 0 Å². The summed E-state index contributed by atoms with van der Waals surface area (Å²) in [5.74, 6) is -0.112. The van der Waals surface area contributed by atoms with Crippen LogP contribution in [0.4, 0.5) is 0 Å². The van der Waals surface area contributed by atoms with Crippen molar-refractivity contribution in [1.82, 2.24) is 24.7 Å². The number of fused-ring (bicyclic) bond motifs is 1. The standard InChI is InChI=1S/C25H31N5O2/c1-3-28-13-15-29(16-14-28)12-11-26-24(31)21-9-10-23-22(17-21)27-19(2)25(32)30(23)18-20-7-5-4-6-8-20/h4-10,17H,3,11-16,18H2,1-2H3,(H,26,31). The molecule has 1 aliphatic rings. The van der Waals surface area contributed by atoms with Gasteiger partial charge in [-0.25, -0.2) is 4.98 Å². The summed E-state index contributed by atoms with van der Waals surface area (Å²) in [6, 6.07) is 15.2. The molecule has 1 aliphatic heterocycles. The van der Waals surface area contributed by atoms with Crippen molar-refractivity contribution >= 4 is 16.9 Å². The first kappa shape index (κ1) is 22.2. The number of hydrogen-bond acceptors (Lipinski definition) is 5. The van der Waals surface area contributed by atoms with E-state index in [1.165, 1.54) is 0 Å². The molecule has 1 saturated heterocycles. The Bertz CT molecular complexity index is 1130. The van der Waals surface area contributed by atoms with Gasteiger partial charge in [0, 0.05) is 44.8 Å². The Labute approximate surface area is 188 Å². The van der Waals surface area contributed by atoms with Crippen LogP contribution in [0.2, 0.25) is 0 Å². The highest BCUT2D eigenvalue weighted by atomic mass is 16.1. The predicted molar refractivity (Wildman–Crippen MR) is 127 cm³/mol. The van der Waals surface area contributed by atoms with E-state index in [0.29, 0.717) is 29.9 Å². The third kappa shape index (κ3) is 5.06. The van der Waals surface area contributed by atoms with E-state index in [0.717, 1.165) is 50.3 Å². The first-order chi connectivity index (χ1) is 15.5. The molecule has 0 bridgehead atoms. The third-order valence-electron chi connectivity index (χ3n) is 6.18. The molecule has 1 amide bonds. The molecule has 0 atom stereocenters. The molecule has 0 radical (unpaired) electrons. The molecule has 168 valence electrons. The number of carbonyl (C=O) groups is 1. The maximum Gasteiger partial charge on any atom is 0.272 e. The number of benzene rings is 2. The number of hydrogen-bond donors (Lipinski definition) is 1. The van der Waals surface area contributed by atoms with Crippen LogP contribution < -0.4 is 10.9 Å². The summed E-state index contributed by atoms with van der Waals surface area (Å²) in [6.07, 6.45) is 0. The van der Waals surface area contributed by atoms with E-state index in [1.54, 1.807) is 23.6 Å². The molecular formula is C25H31N5O2. The molecule has 7 heteroatoms. The van der Waals surface area contributed by atoms with E-state index >= 15 is 0 Å². The fraction of sp³-hybridized carbons (Fsp3) is 0.400. The van der Waals surface area contributed by atoms with Crippen molar-refractivity contribution in [3.05, 3.63) is 75.7 Å². The number of amides is 1. The van der Waals surface area contributed by atoms with Crippen LogP contribution in [0.1, 0.15) is 28.5 Å². The number of carbonyl (C=O) groups excluding carboxylic acids is 1. The second-order valence-corrected chi connectivity index (χ2v) is 8.31. The van der Waals surface area contributed by atoms with Gasteiger partial charge in [0.05, 0.1) is 17.6 Å². The van der Waals surface area contributed by atoms with E-state index in [2.05, 4.69) is 27.0 Å². The van der Waals surface area contributed by atoms with E-state index in [4.69, 9.17) is 0 Å². The third-order valence-corrected chi connectivity index (χ3v) is 6.18. The topological polar surface area (TPSA) is 70.5 Å². The first-order valence-electron chi connectivity index (χ1n) is 11.3. The van der Waals surface area contributed by atoms with Gasteiger partial charge < -0.3 is 14.8 Å². The Kier molecular flexibility index (Phi) is 6.97. The summed E-state index contributed by atoms with van der Waals surface area (Å²) in [5, 5.41) is 3.03. The Morgan fingerprint density at radius 1 is 1.03 bits per heavy atom. The molecule has 0 unspecified atom stereocenters. The van der Waals surface area contributed by atoms with E-state index < -0.39 is 0 Å². The molecule has 3 aromatic rings. The monoisotopic (exact) mass is 433 g/mol. The lowest BCUT2D eigenvalue weighted by atomic mass is 10.1. The Hall–Kier alpha value is -3.03. The van der Waals surface area contributed by atoms with Crippen LogP contribution in [0, 0.1) is 6.92 Å². The van der Waals surface area contributed by atoms with Crippen molar-refractivity contribution in [2.45, 2.75) is 20.4 Å². The Balaban J connectivity index is 1.45. The fourth-order valence-corrected chi connectivity index (χ4v) is 4.20. The van der Waals surface area contributed by atoms with E-state index in [-0.39, 0.29) is 11.5 Å². The fourth-order valence-electron chi connectivity index (χ4n) is 4.20. The molecule has 1 N–H and O–H groups in total. The number of likely N-dealkylation sites (N-methyl/N-ethyl adjacent to an activating group) is 1. The Morgan fingerprint density at radius 3 is 2.47 bits per heavy atom. The quantitative estimate of drug-likeness (QED) is 0.618. The van der Waals surface area contributed by atoms with E-state index in [9.17, 15) is 9.59 Å². The minimum Gasteiger partial charge on any atom is -0.351 e. The van der Waals surface area contributed by atoms with Gasteiger partial charge in [-0.1, -0.05) is 37.3 Å². The molecular weight excluding hydrogens is 402 g/mol. The van der Waals surface area contributed by atoms with Gasteiger partial charge in [0.2, 0.25) is 0 Å². The molecule has 32 heavy (non-hydrogen) atoms. The highest BCUT2D eigenvalue weighted by molar-refractivity contribution is 5.97. The average molecular weight is 434 g/mol. The van der Waals surface area contributed by atoms with Gasteiger partial charge in [-0.2, -0.15) is 0 Å². The summed E-state index contributed by atoms with van der Waals surface area (Å²) in [4.78, 5) is 34.8. The highest BCUT2D eigenvalue weighted by Crippen LogP contribution is 2.15. The summed E-state index contributed by atoms with van der Waals surface area (Å²) < 4.78 is 1.73. The predicted octanol–water partition coefficient (Wildman–Crippen LogP) is 2.12. The molecule has 1 fully saturated rings. The molecule has 1 aromatic heterocycles. The number of nitrogens with one attached hydrogen (secondary N) is 1. The van der Waals surface area contributed by atoms with Crippen LogP contribution in [-0.4, -0.2) is 71.1 Å². The second-order valence-electron chi connectivity index (χ2n) is 8.31. The molecule has 0 spiro atoms. The van der Waals surface area contributed by atoms with Crippen LogP contribution in [-0.2, 0) is 6.54 Å². The van der Waals surface area contributed by atoms with Gasteiger partial charge in [0.1, 0.15) is 5.69 Å². The lowest BCUT2D eigenvalue weighted by Crippen LogP contribution is -2.48. The van der Waals surface area contributed by atoms with Crippen molar-refractivity contribution in [1.29, 1.82) is 0 Å². The normalized spacial score (nSPS) is 15.2.